The van der Waals surface area contributed by atoms with Gasteiger partial charge in [0.1, 0.15) is 0 Å². The van der Waals surface area contributed by atoms with Gasteiger partial charge in [-0.05, 0) is 6.37 Å². The minimum atomic E-state index is -4.84. The standard InChI is InChI=1S/C16H34O3/c1-2-3-4-5-6-7-8-9-10-11-13-18-15-16-19-14-12-17/h17H,2-16H2,1H3/i1D3,2D2,3D2,4D2,5D2,6D2,7D2,8D2,9D2,10D2,11D2,13D2. The van der Waals surface area contributed by atoms with E-state index in [9.17, 15) is 0 Å². The van der Waals surface area contributed by atoms with Crippen molar-refractivity contribution in [2.24, 2.45) is 0 Å². The van der Waals surface area contributed by atoms with Crippen molar-refractivity contribution in [3.05, 3.63) is 0 Å². The molecule has 0 aromatic heterocycles. The molecule has 0 heterocycles. The van der Waals surface area contributed by atoms with E-state index < -0.39 is 97.0 Å². The third-order valence-electron chi connectivity index (χ3n) is 1.25. The Kier molecular flexibility index (Phi) is 3.09. The molecule has 1 N–H and O–H groups in total. The third-order valence-corrected chi connectivity index (χ3v) is 1.25. The van der Waals surface area contributed by atoms with Gasteiger partial charge in [-0.1, -0.05) is 64.2 Å². The zero-order valence-electron chi connectivity index (χ0n) is 35.1. The second kappa shape index (κ2) is 17.9. The van der Waals surface area contributed by atoms with E-state index >= 15 is 0 Å². The Bertz CT molecular complexity index is 982. The number of aliphatic hydroxyl groups is 1. The maximum atomic E-state index is 8.67. The monoisotopic (exact) mass is 299 g/mol. The van der Waals surface area contributed by atoms with Crippen LogP contribution in [0.3, 0.4) is 0 Å². The Labute approximate surface area is 154 Å². The fourth-order valence-electron chi connectivity index (χ4n) is 0.630. The van der Waals surface area contributed by atoms with E-state index in [4.69, 9.17) is 44.1 Å². The summed E-state index contributed by atoms with van der Waals surface area (Å²) in [6, 6.07) is 0. The molecule has 0 aromatic carbocycles. The molecule has 0 saturated heterocycles. The molecule has 0 saturated carbocycles. The van der Waals surface area contributed by atoms with Crippen LogP contribution in [-0.4, -0.2) is 38.1 Å². The Morgan fingerprint density at radius 1 is 0.789 bits per heavy atom. The lowest BCUT2D eigenvalue weighted by molar-refractivity contribution is 0.0321. The van der Waals surface area contributed by atoms with Crippen LogP contribution in [0.4, 0.5) is 0 Å². The van der Waals surface area contributed by atoms with Crippen LogP contribution in [0, 0.1) is 0 Å². The van der Waals surface area contributed by atoms with Crippen LogP contribution >= 0.6 is 0 Å². The number of rotatable bonds is 16. The summed E-state index contributed by atoms with van der Waals surface area (Å²) in [5, 5.41) is 8.67. The maximum absolute atomic E-state index is 8.67. The topological polar surface area (TPSA) is 38.7 Å². The number of hydrogen-bond donors (Lipinski definition) is 1. The van der Waals surface area contributed by atoms with Gasteiger partial charge in [-0.2, -0.15) is 0 Å². The first-order valence-corrected chi connectivity index (χ1v) is 5.14. The summed E-state index contributed by atoms with van der Waals surface area (Å²) >= 11 is 0. The highest BCUT2D eigenvalue weighted by molar-refractivity contribution is 4.47. The fraction of sp³-hybridized carbons (Fsp3) is 1.00. The second-order valence-electron chi connectivity index (χ2n) is 2.54. The molecule has 19 heavy (non-hydrogen) atoms. The minimum absolute atomic E-state index is 0.256. The van der Waals surface area contributed by atoms with E-state index in [2.05, 4.69) is 4.74 Å². The first kappa shape index (κ1) is 3.28. The molecule has 0 aromatic rings. The summed E-state index contributed by atoms with van der Waals surface area (Å²) in [4.78, 5) is 0. The summed E-state index contributed by atoms with van der Waals surface area (Å²) in [6.07, 6.45) is -46.2. The predicted octanol–water partition coefficient (Wildman–Crippen LogP) is 3.93. The molecule has 0 aliphatic heterocycles. The van der Waals surface area contributed by atoms with E-state index in [0.717, 1.165) is 0 Å². The van der Waals surface area contributed by atoms with Crippen LogP contribution in [0.5, 0.6) is 0 Å². The summed E-state index contributed by atoms with van der Waals surface area (Å²) in [5.74, 6) is 0. The molecule has 0 amide bonds. The van der Waals surface area contributed by atoms with Gasteiger partial charge in [0.2, 0.25) is 0 Å². The molecule has 0 aliphatic carbocycles. The molecular formula is C16H34O3. The summed E-state index contributed by atoms with van der Waals surface area (Å²) in [6.45, 7) is -9.86. The fourth-order valence-corrected chi connectivity index (χ4v) is 0.630. The summed E-state index contributed by atoms with van der Waals surface area (Å²) in [7, 11) is 0. The Morgan fingerprint density at radius 2 is 1.37 bits per heavy atom. The van der Waals surface area contributed by atoms with E-state index in [0.29, 0.717) is 0 Å². The summed E-state index contributed by atoms with van der Waals surface area (Å²) < 4.78 is 206. The van der Waals surface area contributed by atoms with Gasteiger partial charge < -0.3 is 14.6 Å². The zero-order valence-corrected chi connectivity index (χ0v) is 10.1. The van der Waals surface area contributed by atoms with Gasteiger partial charge in [0.05, 0.1) is 29.2 Å². The molecule has 0 aliphatic rings. The van der Waals surface area contributed by atoms with Crippen molar-refractivity contribution in [1.82, 2.24) is 0 Å². The highest BCUT2D eigenvalue weighted by Gasteiger charge is 1.93. The summed E-state index contributed by atoms with van der Waals surface area (Å²) in [5.41, 5.74) is 0. The highest BCUT2D eigenvalue weighted by Crippen LogP contribution is 2.10. The third kappa shape index (κ3) is 17.9. The number of aliphatic hydroxyl groups excluding tert-OH is 1. The van der Waals surface area contributed by atoms with Crippen molar-refractivity contribution in [1.29, 1.82) is 0 Å². The normalized spacial score (nSPS) is 39.5. The quantitative estimate of drug-likeness (QED) is 0.439. The minimum Gasteiger partial charge on any atom is -0.394 e. The second-order valence-corrected chi connectivity index (χ2v) is 2.54. The first-order chi connectivity index (χ1) is 18.8. The predicted molar refractivity (Wildman–Crippen MR) is 80.6 cm³/mol. The number of ether oxygens (including phenoxy) is 2. The van der Waals surface area contributed by atoms with E-state index in [1.54, 1.807) is 0 Å². The Morgan fingerprint density at radius 3 is 2.00 bits per heavy atom. The van der Waals surface area contributed by atoms with Crippen LogP contribution in [0.15, 0.2) is 0 Å². The molecule has 0 bridgehead atoms. The average molecular weight is 300 g/mol. The smallest absolute Gasteiger partial charge is 0.0701 e. The van der Waals surface area contributed by atoms with Gasteiger partial charge in [-0.3, -0.25) is 0 Å². The van der Waals surface area contributed by atoms with Crippen molar-refractivity contribution < 1.29 is 48.8 Å². The van der Waals surface area contributed by atoms with Crippen molar-refractivity contribution >= 4 is 0 Å². The van der Waals surface area contributed by atoms with Crippen molar-refractivity contribution in [3.63, 3.8) is 0 Å². The first-order valence-electron chi connectivity index (χ1n) is 17.6. The van der Waals surface area contributed by atoms with Crippen LogP contribution in [-0.2, 0) is 9.47 Å². The zero-order chi connectivity index (χ0) is 36.2. The number of hydrogen-bond acceptors (Lipinski definition) is 3. The molecule has 0 unspecified atom stereocenters. The van der Waals surface area contributed by atoms with Crippen LogP contribution in [0.2, 0.25) is 0 Å². The molecule has 0 fully saturated rings. The molecule has 116 valence electrons. The maximum Gasteiger partial charge on any atom is 0.0701 e. The lowest BCUT2D eigenvalue weighted by atomic mass is 10.1. The highest BCUT2D eigenvalue weighted by atomic mass is 16.5. The van der Waals surface area contributed by atoms with E-state index in [1.807, 2.05) is 0 Å². The molecule has 0 radical (unpaired) electrons. The van der Waals surface area contributed by atoms with Gasteiger partial charge in [0.25, 0.3) is 0 Å². The molecule has 0 rings (SSSR count). The van der Waals surface area contributed by atoms with Gasteiger partial charge in [0, 0.05) is 38.1 Å². The van der Waals surface area contributed by atoms with Gasteiger partial charge in [0.15, 0.2) is 0 Å². The lowest BCUT2D eigenvalue weighted by Crippen LogP contribution is -2.07. The molecule has 0 spiro atoms. The SMILES string of the molecule is [2H]C([2H])([2H])C([2H])([2H])C([2H])([2H])C([2H])([2H])C([2H])([2H])C([2H])([2H])C([2H])([2H])C([2H])([2H])C([2H])([2H])C([2H])([2H])C([2H])([2H])C([2H])([2H])OCCOCCO. The molecular weight excluding hydrogens is 240 g/mol. The van der Waals surface area contributed by atoms with Crippen molar-refractivity contribution in [2.45, 2.75) is 70.6 Å². The van der Waals surface area contributed by atoms with Crippen LogP contribution in [0.1, 0.15) is 105 Å². The lowest BCUT2D eigenvalue weighted by Gasteiger charge is -2.05. The molecule has 3 nitrogen and oxygen atoms in total. The van der Waals surface area contributed by atoms with Gasteiger partial charge in [-0.15, -0.1) is 0 Å². The van der Waals surface area contributed by atoms with Crippen molar-refractivity contribution in [3.8, 4) is 0 Å². The van der Waals surface area contributed by atoms with E-state index in [-0.39, 0.29) is 6.61 Å². The molecule has 3 heteroatoms. The largest absolute Gasteiger partial charge is 0.394 e. The van der Waals surface area contributed by atoms with Crippen LogP contribution in [0.25, 0.3) is 0 Å². The van der Waals surface area contributed by atoms with Gasteiger partial charge >= 0.3 is 0 Å². The Balaban J connectivity index is 7.04. The average Bonchev–Trinajstić information content (AvgIpc) is 2.81. The van der Waals surface area contributed by atoms with E-state index in [1.165, 1.54) is 0 Å². The van der Waals surface area contributed by atoms with Crippen molar-refractivity contribution in [2.75, 3.05) is 33.0 Å². The Hall–Kier alpha value is -0.120. The van der Waals surface area contributed by atoms with Gasteiger partial charge in [-0.25, -0.2) is 0 Å². The van der Waals surface area contributed by atoms with Crippen LogP contribution < -0.4 is 0 Å². The molecule has 0 atom stereocenters.